The Morgan fingerprint density at radius 2 is 0.336 bits per heavy atom. The first-order valence-corrected chi connectivity index (χ1v) is 50.6. The monoisotopic (exact) mass is 2250 g/mol. The van der Waals surface area contributed by atoms with Crippen LogP contribution >= 0.6 is 0 Å². The summed E-state index contributed by atoms with van der Waals surface area (Å²) in [5.74, 6) is 0. The number of benzene rings is 22. The minimum Gasteiger partial charge on any atom is -0.226 e. The molecule has 22 aromatic rings. The van der Waals surface area contributed by atoms with E-state index >= 15 is 0 Å². The minimum absolute atomic E-state index is 0. The van der Waals surface area contributed by atoms with Crippen molar-refractivity contribution >= 4 is 129 Å². The molecule has 0 saturated carbocycles. The van der Waals surface area contributed by atoms with Crippen molar-refractivity contribution in [2.24, 2.45) is 0 Å². The second kappa shape index (κ2) is 66.7. The van der Waals surface area contributed by atoms with Crippen molar-refractivity contribution in [2.75, 3.05) is 0 Å². The van der Waals surface area contributed by atoms with Crippen LogP contribution in [0.4, 0.5) is 0 Å². The van der Waals surface area contributed by atoms with Gasteiger partial charge in [-0.3, -0.25) is 0 Å². The Bertz CT molecular complexity index is 7140. The SMILES string of the molecule is CC.CC.CC.CC.CC.CC.CC.CC.CC.CC.Cc1c[c-]c(-c2[c-]cc(C)c3cc4ccccc4cc23)c2cc3ccccc3cc12.Cc1c[c-]c(-c2[c-]cc(C)c3ccccc23)c2ccccc12.Cc1c[c-]c(-c2[c-]cc(C)cc2)cc1.Cc1cccc2c(-c3[c-]ccc4c(C)cccc34)[c-]ccc12.Cc1cccc2cc3c(-c4[c-]ccc5cc6c(C)cccc6cc45)[c-]ccc3cc12.[Y].[Y].[Y].[Y].[Y]. The fraction of sp³-hybridized carbons (Fsp3) is 0.217. The van der Waals surface area contributed by atoms with Crippen molar-refractivity contribution in [3.05, 3.63) is 444 Å². The van der Waals surface area contributed by atoms with Crippen LogP contribution in [0.1, 0.15) is 194 Å². The van der Waals surface area contributed by atoms with Gasteiger partial charge in [-0.05, 0) is 81.9 Å². The van der Waals surface area contributed by atoms with Crippen LogP contribution in [0.15, 0.2) is 328 Å². The van der Waals surface area contributed by atoms with Gasteiger partial charge in [0, 0.05) is 164 Å². The third kappa shape index (κ3) is 31.3. The van der Waals surface area contributed by atoms with E-state index in [0.29, 0.717) is 0 Å². The van der Waals surface area contributed by atoms with Crippen LogP contribution < -0.4 is 0 Å². The van der Waals surface area contributed by atoms with Gasteiger partial charge in [0.2, 0.25) is 0 Å². The van der Waals surface area contributed by atoms with E-state index in [1.54, 1.807) is 0 Å². The molecule has 22 aromatic carbocycles. The molecule has 5 radical (unpaired) electrons. The number of hydrogen-bond acceptors (Lipinski definition) is 0. The molecule has 721 valence electrons. The summed E-state index contributed by atoms with van der Waals surface area (Å²) < 4.78 is 0. The van der Waals surface area contributed by atoms with Gasteiger partial charge >= 0.3 is 0 Å². The van der Waals surface area contributed by atoms with E-state index in [9.17, 15) is 0 Å². The summed E-state index contributed by atoms with van der Waals surface area (Å²) in [5.41, 5.74) is 24.0. The fourth-order valence-corrected chi connectivity index (χ4v) is 17.1. The summed E-state index contributed by atoms with van der Waals surface area (Å²) in [6.45, 7) is 61.4. The molecule has 0 bridgehead atoms. The van der Waals surface area contributed by atoms with Crippen LogP contribution in [0.3, 0.4) is 0 Å². The zero-order valence-corrected chi connectivity index (χ0v) is 105. The van der Waals surface area contributed by atoms with Gasteiger partial charge in [-0.15, -0.1) is 168 Å². The van der Waals surface area contributed by atoms with E-state index in [1.165, 1.54) is 185 Å². The zero-order chi connectivity index (χ0) is 101. The van der Waals surface area contributed by atoms with Gasteiger partial charge in [-0.25, -0.2) is 55.6 Å². The molecular formula is C138H144Y5-10. The van der Waals surface area contributed by atoms with Crippen molar-refractivity contribution < 1.29 is 164 Å². The molecule has 22 rings (SSSR count). The zero-order valence-electron chi connectivity index (χ0n) is 91.1. The topological polar surface area (TPSA) is 0 Å². The summed E-state index contributed by atoms with van der Waals surface area (Å²) in [5, 5.41) is 30.3. The van der Waals surface area contributed by atoms with E-state index in [-0.39, 0.29) is 164 Å². The molecule has 0 heterocycles. The summed E-state index contributed by atoms with van der Waals surface area (Å²) in [6.07, 6.45) is 0. The van der Waals surface area contributed by atoms with Crippen LogP contribution in [0.5, 0.6) is 0 Å². The van der Waals surface area contributed by atoms with Gasteiger partial charge in [0.05, 0.1) is 0 Å². The molecule has 143 heavy (non-hydrogen) atoms. The van der Waals surface area contributed by atoms with E-state index in [1.807, 2.05) is 175 Å². The van der Waals surface area contributed by atoms with E-state index in [4.69, 9.17) is 0 Å². The van der Waals surface area contributed by atoms with Crippen molar-refractivity contribution in [3.8, 4) is 55.6 Å². The Morgan fingerprint density at radius 1 is 0.133 bits per heavy atom. The maximum absolute atomic E-state index is 3.59. The molecule has 0 aliphatic carbocycles. The van der Waals surface area contributed by atoms with Crippen LogP contribution in [0, 0.1) is 130 Å². The molecule has 0 saturated heterocycles. The molecular weight excluding hydrogens is 2100 g/mol. The number of aryl methyl sites for hydroxylation is 10. The third-order valence-electron chi connectivity index (χ3n) is 23.6. The predicted octanol–water partition coefficient (Wildman–Crippen LogP) is 41.9. The molecule has 0 aliphatic rings. The molecule has 0 unspecified atom stereocenters. The average Bonchev–Trinajstić information content (AvgIpc) is 0.749. The Morgan fingerprint density at radius 3 is 0.636 bits per heavy atom. The van der Waals surface area contributed by atoms with E-state index in [0.717, 1.165) is 55.6 Å². The standard InChI is InChI=1S/2C30H20.2C22H16.C14H12.10C2H6.5Y/c1-19-7-3-9-21-17-29-23(15-27(19)21)11-5-13-25(29)26-14-6-12-24-16-28-20(2)8-4-10-22(28)18-30(24)26;1-19-11-13-25(29-17-23-9-5-3-7-21(23)15-27(19)29)26-14-12-20(2)28-16-22-8-4-6-10-24(22)18-30(26)28;1-15-7-3-11-19-17(15)9-5-13-21(19)22-14-6-10-18-16(2)8-4-12-20(18)22;1-15-11-13-21(19-9-5-3-7-17(15)19)22-14-12-16(2)18-8-4-6-10-20(18)22;1-11-3-7-13(8-4-11)14-9-5-12(2)6-10-14;10*1-2;;;;;/h2*3-12,15-18H,1-2H3;2*3-12H,1-2H3;3-7,9H,1-2H3;10*1-2H3;;;;;/q5*-2;;;;;;;;;;;;;;;. The maximum Gasteiger partial charge on any atom is 0 e. The molecule has 5 heteroatoms. The fourth-order valence-electron chi connectivity index (χ4n) is 17.1. The normalized spacial score (nSPS) is 9.75. The van der Waals surface area contributed by atoms with Gasteiger partial charge in [-0.1, -0.05) is 385 Å². The van der Waals surface area contributed by atoms with Gasteiger partial charge in [0.15, 0.2) is 0 Å². The van der Waals surface area contributed by atoms with Crippen LogP contribution in [-0.4, -0.2) is 0 Å². The van der Waals surface area contributed by atoms with Gasteiger partial charge in [-0.2, -0.15) is 146 Å². The molecule has 0 fully saturated rings. The van der Waals surface area contributed by atoms with Crippen LogP contribution in [-0.2, 0) is 164 Å². The van der Waals surface area contributed by atoms with Crippen molar-refractivity contribution in [1.82, 2.24) is 0 Å². The van der Waals surface area contributed by atoms with Crippen LogP contribution in [0.2, 0.25) is 0 Å². The number of rotatable bonds is 5. The van der Waals surface area contributed by atoms with Crippen LogP contribution in [0.25, 0.3) is 185 Å². The average molecular weight is 2250 g/mol. The quantitative estimate of drug-likeness (QED) is 0.119. The summed E-state index contributed by atoms with van der Waals surface area (Å²) in [7, 11) is 0. The second-order valence-electron chi connectivity index (χ2n) is 31.5. The van der Waals surface area contributed by atoms with E-state index < -0.39 is 0 Å². The smallest absolute Gasteiger partial charge is 0 e. The van der Waals surface area contributed by atoms with E-state index in [2.05, 4.69) is 421 Å². The minimum atomic E-state index is 0. The van der Waals surface area contributed by atoms with Gasteiger partial charge < -0.3 is 0 Å². The Hall–Kier alpha value is -8.52. The number of fused-ring (bicyclic) bond motifs is 12. The van der Waals surface area contributed by atoms with Gasteiger partial charge in [0.1, 0.15) is 0 Å². The second-order valence-corrected chi connectivity index (χ2v) is 31.5. The first-order chi connectivity index (χ1) is 67.6. The molecule has 0 aliphatic heterocycles. The summed E-state index contributed by atoms with van der Waals surface area (Å²) in [6, 6.07) is 151. The molecule has 0 nitrogen and oxygen atoms in total. The molecule has 0 atom stereocenters. The molecule has 0 N–H and O–H groups in total. The first-order valence-electron chi connectivity index (χ1n) is 50.6. The maximum atomic E-state index is 3.59. The molecule has 0 aromatic heterocycles. The largest absolute Gasteiger partial charge is 0.226 e. The first kappa shape index (κ1) is 129. The molecule has 0 amide bonds. The van der Waals surface area contributed by atoms with Gasteiger partial charge in [0.25, 0.3) is 0 Å². The predicted molar refractivity (Wildman–Crippen MR) is 619 cm³/mol. The van der Waals surface area contributed by atoms with Crippen molar-refractivity contribution in [3.63, 3.8) is 0 Å². The summed E-state index contributed by atoms with van der Waals surface area (Å²) >= 11 is 0. The summed E-state index contributed by atoms with van der Waals surface area (Å²) in [4.78, 5) is 0. The Kier molecular flexibility index (Phi) is 60.0. The molecule has 0 spiro atoms. The third-order valence-corrected chi connectivity index (χ3v) is 23.6. The van der Waals surface area contributed by atoms with Crippen molar-refractivity contribution in [1.29, 1.82) is 0 Å². The Balaban J connectivity index is 0.000000442. The number of hydrogen-bond donors (Lipinski definition) is 0. The van der Waals surface area contributed by atoms with Crippen molar-refractivity contribution in [2.45, 2.75) is 208 Å². The Labute approximate surface area is 987 Å².